The van der Waals surface area contributed by atoms with Crippen LogP contribution in [-0.4, -0.2) is 22.5 Å². The molecule has 2 N–H and O–H groups in total. The molecular weight excluding hydrogens is 418 g/mol. The van der Waals surface area contributed by atoms with Crippen LogP contribution in [0.25, 0.3) is 0 Å². The van der Waals surface area contributed by atoms with Gasteiger partial charge < -0.3 is 19.8 Å². The van der Waals surface area contributed by atoms with Crippen LogP contribution in [0.15, 0.2) is 78.0 Å². The van der Waals surface area contributed by atoms with E-state index in [1.165, 1.54) is 6.21 Å². The molecule has 0 fully saturated rings. The summed E-state index contributed by atoms with van der Waals surface area (Å²) in [6.07, 6.45) is 1.59. The second-order valence-corrected chi connectivity index (χ2v) is 7.86. The lowest BCUT2D eigenvalue weighted by molar-refractivity contribution is -0.142. The van der Waals surface area contributed by atoms with Crippen LogP contribution in [0.1, 0.15) is 48.1 Å². The highest BCUT2D eigenvalue weighted by atomic mass is 16.5. The number of carboxylic acid groups (broad SMARTS) is 1. The summed E-state index contributed by atoms with van der Waals surface area (Å²) in [4.78, 5) is 11.7. The van der Waals surface area contributed by atoms with E-state index < -0.39 is 18.0 Å². The second kappa shape index (κ2) is 11.7. The third-order valence-electron chi connectivity index (χ3n) is 5.58. The SMILES string of the molecule is CCC(CC(Oc1cc(OCc2ccccc2)ccc1C=NO)c1ccccc1C)C(=O)O. The van der Waals surface area contributed by atoms with Crippen LogP contribution in [0.2, 0.25) is 0 Å². The molecule has 2 unspecified atom stereocenters. The summed E-state index contributed by atoms with van der Waals surface area (Å²) in [6, 6.07) is 22.9. The predicted molar refractivity (Wildman–Crippen MR) is 127 cm³/mol. The summed E-state index contributed by atoms with van der Waals surface area (Å²) in [7, 11) is 0. The van der Waals surface area contributed by atoms with Crippen molar-refractivity contribution in [3.8, 4) is 11.5 Å². The molecule has 0 saturated carbocycles. The van der Waals surface area contributed by atoms with Crippen LogP contribution in [-0.2, 0) is 11.4 Å². The van der Waals surface area contributed by atoms with E-state index in [1.807, 2.05) is 68.4 Å². The minimum Gasteiger partial charge on any atom is -0.489 e. The maximum atomic E-state index is 11.7. The average Bonchev–Trinajstić information content (AvgIpc) is 2.82. The van der Waals surface area contributed by atoms with E-state index in [9.17, 15) is 9.90 Å². The molecule has 0 aliphatic carbocycles. The highest BCUT2D eigenvalue weighted by molar-refractivity contribution is 5.83. The van der Waals surface area contributed by atoms with E-state index in [1.54, 1.807) is 18.2 Å². The molecule has 3 aromatic rings. The van der Waals surface area contributed by atoms with Crippen molar-refractivity contribution in [1.29, 1.82) is 0 Å². The molecule has 0 aliphatic rings. The third kappa shape index (κ3) is 6.59. The van der Waals surface area contributed by atoms with E-state index in [4.69, 9.17) is 14.7 Å². The zero-order valence-corrected chi connectivity index (χ0v) is 18.8. The van der Waals surface area contributed by atoms with Gasteiger partial charge in [-0.05, 0) is 42.2 Å². The average molecular weight is 448 g/mol. The Kier molecular flexibility index (Phi) is 8.47. The monoisotopic (exact) mass is 447 g/mol. The summed E-state index contributed by atoms with van der Waals surface area (Å²) in [5.74, 6) is -0.358. The van der Waals surface area contributed by atoms with Gasteiger partial charge in [0, 0.05) is 18.1 Å². The Morgan fingerprint density at radius 2 is 1.79 bits per heavy atom. The van der Waals surface area contributed by atoms with Crippen molar-refractivity contribution in [1.82, 2.24) is 0 Å². The lowest BCUT2D eigenvalue weighted by atomic mass is 9.92. The molecule has 2 atom stereocenters. The van der Waals surface area contributed by atoms with E-state index >= 15 is 0 Å². The van der Waals surface area contributed by atoms with Crippen LogP contribution < -0.4 is 9.47 Å². The number of carboxylic acids is 1. The van der Waals surface area contributed by atoms with Gasteiger partial charge in [-0.1, -0.05) is 66.7 Å². The zero-order chi connectivity index (χ0) is 23.6. The standard InChI is InChI=1S/C27H29NO5/c1-3-21(27(29)30)15-26(24-12-8-7-9-19(24)2)33-25-16-23(14-13-22(25)17-28-31)32-18-20-10-5-4-6-11-20/h4-14,16-17,21,26,31H,3,15,18H2,1-2H3,(H,29,30). The fourth-order valence-electron chi connectivity index (χ4n) is 3.66. The number of rotatable bonds is 11. The number of ether oxygens (including phenoxy) is 2. The summed E-state index contributed by atoms with van der Waals surface area (Å²) in [5, 5.41) is 21.9. The molecule has 0 amide bonds. The number of benzene rings is 3. The van der Waals surface area contributed by atoms with Gasteiger partial charge in [-0.15, -0.1) is 0 Å². The smallest absolute Gasteiger partial charge is 0.306 e. The largest absolute Gasteiger partial charge is 0.489 e. The number of carbonyl (C=O) groups is 1. The number of nitrogens with zero attached hydrogens (tertiary/aromatic N) is 1. The van der Waals surface area contributed by atoms with Gasteiger partial charge in [0.05, 0.1) is 12.1 Å². The van der Waals surface area contributed by atoms with E-state index in [-0.39, 0.29) is 0 Å². The van der Waals surface area contributed by atoms with Gasteiger partial charge in [0.15, 0.2) is 0 Å². The van der Waals surface area contributed by atoms with Crippen molar-refractivity contribution in [2.75, 3.05) is 0 Å². The minimum atomic E-state index is -0.850. The summed E-state index contributed by atoms with van der Waals surface area (Å²) in [6.45, 7) is 4.23. The molecule has 33 heavy (non-hydrogen) atoms. The van der Waals surface area contributed by atoms with Gasteiger partial charge in [0.25, 0.3) is 0 Å². The molecule has 0 heterocycles. The Bertz CT molecular complexity index is 1080. The van der Waals surface area contributed by atoms with Crippen molar-refractivity contribution in [2.45, 2.75) is 39.4 Å². The van der Waals surface area contributed by atoms with E-state index in [0.717, 1.165) is 16.7 Å². The van der Waals surface area contributed by atoms with Crippen LogP contribution in [0.4, 0.5) is 0 Å². The normalized spacial score (nSPS) is 12.9. The highest BCUT2D eigenvalue weighted by Crippen LogP contribution is 2.34. The molecular formula is C27H29NO5. The number of aryl methyl sites for hydroxylation is 1. The molecule has 6 nitrogen and oxygen atoms in total. The number of oxime groups is 1. The topological polar surface area (TPSA) is 88.4 Å². The Morgan fingerprint density at radius 1 is 1.06 bits per heavy atom. The Labute approximate surface area is 194 Å². The van der Waals surface area contributed by atoms with Gasteiger partial charge in [0.1, 0.15) is 24.2 Å². The number of hydrogen-bond acceptors (Lipinski definition) is 5. The zero-order valence-electron chi connectivity index (χ0n) is 18.8. The van der Waals surface area contributed by atoms with Crippen molar-refractivity contribution in [2.24, 2.45) is 11.1 Å². The fraction of sp³-hybridized carbons (Fsp3) is 0.259. The first-order valence-corrected chi connectivity index (χ1v) is 10.9. The Balaban J connectivity index is 1.92. The van der Waals surface area contributed by atoms with Crippen molar-refractivity contribution < 1.29 is 24.6 Å². The van der Waals surface area contributed by atoms with Crippen LogP contribution in [0, 0.1) is 12.8 Å². The number of aliphatic carboxylic acids is 1. The Morgan fingerprint density at radius 3 is 2.45 bits per heavy atom. The molecule has 0 bridgehead atoms. The van der Waals surface area contributed by atoms with Gasteiger partial charge in [0.2, 0.25) is 0 Å². The van der Waals surface area contributed by atoms with Crippen LogP contribution in [0.3, 0.4) is 0 Å². The lowest BCUT2D eigenvalue weighted by Crippen LogP contribution is -2.20. The molecule has 0 spiro atoms. The first kappa shape index (κ1) is 23.9. The third-order valence-corrected chi connectivity index (χ3v) is 5.58. The van der Waals surface area contributed by atoms with Crippen molar-refractivity contribution >= 4 is 12.2 Å². The Hall–Kier alpha value is -3.80. The van der Waals surface area contributed by atoms with Crippen molar-refractivity contribution in [3.63, 3.8) is 0 Å². The quantitative estimate of drug-likeness (QED) is 0.214. The maximum absolute atomic E-state index is 11.7. The van der Waals surface area contributed by atoms with E-state index in [2.05, 4.69) is 5.16 Å². The maximum Gasteiger partial charge on any atom is 0.306 e. The summed E-state index contributed by atoms with van der Waals surface area (Å²) >= 11 is 0. The van der Waals surface area contributed by atoms with Crippen LogP contribution in [0.5, 0.6) is 11.5 Å². The highest BCUT2D eigenvalue weighted by Gasteiger charge is 2.25. The van der Waals surface area contributed by atoms with Gasteiger partial charge in [-0.3, -0.25) is 4.79 Å². The van der Waals surface area contributed by atoms with Crippen LogP contribution >= 0.6 is 0 Å². The summed E-state index contributed by atoms with van der Waals surface area (Å²) < 4.78 is 12.3. The van der Waals surface area contributed by atoms with Crippen molar-refractivity contribution in [3.05, 3.63) is 95.1 Å². The first-order valence-electron chi connectivity index (χ1n) is 10.9. The molecule has 6 heteroatoms. The minimum absolute atomic E-state index is 0.307. The molecule has 0 aliphatic heterocycles. The van der Waals surface area contributed by atoms with Gasteiger partial charge in [-0.25, -0.2) is 0 Å². The van der Waals surface area contributed by atoms with Gasteiger partial charge in [-0.2, -0.15) is 0 Å². The van der Waals surface area contributed by atoms with E-state index in [0.29, 0.717) is 36.5 Å². The second-order valence-electron chi connectivity index (χ2n) is 7.86. The molecule has 172 valence electrons. The predicted octanol–water partition coefficient (Wildman–Crippen LogP) is 6.00. The fourth-order valence-corrected chi connectivity index (χ4v) is 3.66. The number of hydrogen-bond donors (Lipinski definition) is 2. The molecule has 0 aromatic heterocycles. The molecule has 0 saturated heterocycles. The first-order chi connectivity index (χ1) is 16.0. The molecule has 3 aromatic carbocycles. The summed E-state index contributed by atoms with van der Waals surface area (Å²) in [5.41, 5.74) is 3.52. The molecule has 0 radical (unpaired) electrons. The van der Waals surface area contributed by atoms with Gasteiger partial charge >= 0.3 is 5.97 Å². The lowest BCUT2D eigenvalue weighted by Gasteiger charge is -2.25. The molecule has 3 rings (SSSR count).